The molecule has 0 atom stereocenters. The van der Waals surface area contributed by atoms with Crippen LogP contribution in [0, 0.1) is 0 Å². The molecule has 0 saturated heterocycles. The van der Waals surface area contributed by atoms with E-state index >= 15 is 0 Å². The van der Waals surface area contributed by atoms with E-state index in [-0.39, 0.29) is 0 Å². The lowest BCUT2D eigenvalue weighted by Crippen LogP contribution is -2.06. The molecule has 48 valence electrons. The van der Waals surface area contributed by atoms with E-state index in [1.807, 2.05) is 0 Å². The van der Waals surface area contributed by atoms with Crippen LogP contribution < -0.4 is 11.3 Å². The third-order valence-corrected chi connectivity index (χ3v) is 0.771. The second-order valence-corrected chi connectivity index (χ2v) is 1.48. The molecule has 0 unspecified atom stereocenters. The molecule has 0 aliphatic carbocycles. The molecule has 0 bridgehead atoms. The van der Waals surface area contributed by atoms with Crippen LogP contribution in [0.15, 0.2) is 10.4 Å². The van der Waals surface area contributed by atoms with Gasteiger partial charge in [-0.2, -0.15) is 0 Å². The van der Waals surface area contributed by atoms with Gasteiger partial charge in [-0.15, -0.1) is 0 Å². The van der Waals surface area contributed by atoms with Crippen LogP contribution in [0.25, 0.3) is 0 Å². The Morgan fingerprint density at radius 2 is 2.38 bits per heavy atom. The maximum Gasteiger partial charge on any atom is 0.0347 e. The largest absolute Gasteiger partial charge is 0.303 e. The zero-order valence-corrected chi connectivity index (χ0v) is 5.09. The summed E-state index contributed by atoms with van der Waals surface area (Å²) in [6, 6.07) is 0. The topological polar surface area (TPSA) is 62.8 Å². The van der Waals surface area contributed by atoms with E-state index in [1.54, 1.807) is 0 Å². The highest BCUT2D eigenvalue weighted by molar-refractivity contribution is 4.35. The normalized spacial score (nSPS) is 10.1. The standard InChI is InChI=1S/C4H12N4/c1-2-3-4-6-8-7-5/h2-4H2,1H3,(H2,5,8)(H,6,7). The van der Waals surface area contributed by atoms with Crippen molar-refractivity contribution in [1.29, 1.82) is 0 Å². The van der Waals surface area contributed by atoms with Gasteiger partial charge in [0.1, 0.15) is 0 Å². The predicted octanol–water partition coefficient (Wildman–Crippen LogP) is 0.617. The molecule has 0 aliphatic heterocycles. The fourth-order valence-corrected chi connectivity index (χ4v) is 0.347. The van der Waals surface area contributed by atoms with E-state index in [4.69, 9.17) is 5.84 Å². The Kier molecular flexibility index (Phi) is 5.58. The molecule has 0 fully saturated rings. The summed E-state index contributed by atoms with van der Waals surface area (Å²) in [4.78, 5) is 0. The zero-order valence-electron chi connectivity index (χ0n) is 5.09. The molecule has 0 aromatic heterocycles. The number of unbranched alkanes of at least 4 members (excludes halogenated alkanes) is 1. The van der Waals surface area contributed by atoms with Crippen molar-refractivity contribution >= 4 is 0 Å². The van der Waals surface area contributed by atoms with E-state index < -0.39 is 0 Å². The molecule has 0 aromatic carbocycles. The summed E-state index contributed by atoms with van der Waals surface area (Å²) < 4.78 is 0. The summed E-state index contributed by atoms with van der Waals surface area (Å²) in [7, 11) is 0. The molecule has 0 heterocycles. The van der Waals surface area contributed by atoms with Crippen LogP contribution in [0.3, 0.4) is 0 Å². The lowest BCUT2D eigenvalue weighted by atomic mass is 10.3. The molecule has 0 saturated carbocycles. The third kappa shape index (κ3) is 5.20. The van der Waals surface area contributed by atoms with Gasteiger partial charge in [-0.25, -0.2) is 0 Å². The van der Waals surface area contributed by atoms with Gasteiger partial charge in [0, 0.05) is 6.54 Å². The van der Waals surface area contributed by atoms with Gasteiger partial charge in [0.25, 0.3) is 0 Å². The van der Waals surface area contributed by atoms with Crippen molar-refractivity contribution in [2.24, 2.45) is 16.3 Å². The Labute approximate surface area is 49.1 Å². The average molecular weight is 116 g/mol. The summed E-state index contributed by atoms with van der Waals surface area (Å²) in [6.45, 7) is 2.97. The molecule has 0 amide bonds. The van der Waals surface area contributed by atoms with Crippen molar-refractivity contribution in [2.75, 3.05) is 6.54 Å². The summed E-state index contributed by atoms with van der Waals surface area (Å²) >= 11 is 0. The molecule has 3 N–H and O–H groups in total. The first-order valence-electron chi connectivity index (χ1n) is 2.74. The van der Waals surface area contributed by atoms with Gasteiger partial charge in [-0.1, -0.05) is 23.8 Å². The van der Waals surface area contributed by atoms with Crippen molar-refractivity contribution in [1.82, 2.24) is 5.43 Å². The minimum absolute atomic E-state index is 0.858. The van der Waals surface area contributed by atoms with Crippen molar-refractivity contribution < 1.29 is 0 Å². The van der Waals surface area contributed by atoms with Gasteiger partial charge in [0.15, 0.2) is 0 Å². The minimum atomic E-state index is 0.858. The van der Waals surface area contributed by atoms with E-state index in [9.17, 15) is 0 Å². The van der Waals surface area contributed by atoms with Gasteiger partial charge < -0.3 is 5.84 Å². The van der Waals surface area contributed by atoms with Crippen LogP contribution in [0.4, 0.5) is 0 Å². The smallest absolute Gasteiger partial charge is 0.0347 e. The lowest BCUT2D eigenvalue weighted by Gasteiger charge is -1.92. The Bertz CT molecular complexity index is 61.1. The van der Waals surface area contributed by atoms with Crippen LogP contribution in [0.1, 0.15) is 19.8 Å². The maximum absolute atomic E-state index is 4.71. The van der Waals surface area contributed by atoms with Crippen LogP contribution in [-0.4, -0.2) is 6.54 Å². The molecule has 0 aliphatic rings. The highest BCUT2D eigenvalue weighted by Gasteiger charge is 1.77. The van der Waals surface area contributed by atoms with Crippen molar-refractivity contribution in [3.63, 3.8) is 0 Å². The molecule has 0 rings (SSSR count). The van der Waals surface area contributed by atoms with E-state index in [1.165, 1.54) is 0 Å². The number of nitrogens with zero attached hydrogens (tertiary/aromatic N) is 2. The highest BCUT2D eigenvalue weighted by atomic mass is 15.5. The van der Waals surface area contributed by atoms with Gasteiger partial charge in [-0.3, -0.25) is 5.43 Å². The van der Waals surface area contributed by atoms with Crippen LogP contribution >= 0.6 is 0 Å². The SMILES string of the molecule is CCCCNN=NN. The summed E-state index contributed by atoms with van der Waals surface area (Å²) in [5.41, 5.74) is 2.67. The molecule has 4 nitrogen and oxygen atoms in total. The molecular formula is C4H12N4. The summed E-state index contributed by atoms with van der Waals surface area (Å²) in [5, 5.41) is 6.38. The monoisotopic (exact) mass is 116 g/mol. The van der Waals surface area contributed by atoms with Crippen molar-refractivity contribution in [2.45, 2.75) is 19.8 Å². The molecule has 0 radical (unpaired) electrons. The third-order valence-electron chi connectivity index (χ3n) is 0.771. The number of rotatable bonds is 4. The second kappa shape index (κ2) is 6.20. The number of nitrogens with two attached hydrogens (primary N) is 1. The first kappa shape index (κ1) is 7.20. The predicted molar refractivity (Wildman–Crippen MR) is 32.0 cm³/mol. The fourth-order valence-electron chi connectivity index (χ4n) is 0.347. The second-order valence-electron chi connectivity index (χ2n) is 1.48. The van der Waals surface area contributed by atoms with Gasteiger partial charge in [0.05, 0.1) is 0 Å². The van der Waals surface area contributed by atoms with Gasteiger partial charge >= 0.3 is 0 Å². The summed E-state index contributed by atoms with van der Waals surface area (Å²) in [5.74, 6) is 4.71. The number of hydrogen-bond acceptors (Lipinski definition) is 2. The average Bonchev–Trinajstić information content (AvgIpc) is 1.81. The lowest BCUT2D eigenvalue weighted by molar-refractivity contribution is 0.633. The molecule has 0 aromatic rings. The Hall–Kier alpha value is -0.800. The number of hydrogen-bond donors (Lipinski definition) is 2. The first-order valence-corrected chi connectivity index (χ1v) is 2.74. The maximum atomic E-state index is 4.71. The fraction of sp³-hybridized carbons (Fsp3) is 1.00. The Morgan fingerprint density at radius 1 is 1.62 bits per heavy atom. The van der Waals surface area contributed by atoms with Gasteiger partial charge in [0.2, 0.25) is 0 Å². The summed E-state index contributed by atoms with van der Waals surface area (Å²) in [6.07, 6.45) is 2.27. The Morgan fingerprint density at radius 3 is 2.88 bits per heavy atom. The Balaban J connectivity index is 2.72. The zero-order chi connectivity index (χ0) is 6.24. The van der Waals surface area contributed by atoms with Crippen molar-refractivity contribution in [3.05, 3.63) is 0 Å². The van der Waals surface area contributed by atoms with Gasteiger partial charge in [-0.05, 0) is 6.42 Å². The quantitative estimate of drug-likeness (QED) is 0.245. The molecular weight excluding hydrogens is 104 g/mol. The molecule has 4 heteroatoms. The highest BCUT2D eigenvalue weighted by Crippen LogP contribution is 1.80. The number of nitrogens with one attached hydrogen (secondary N) is 1. The van der Waals surface area contributed by atoms with Crippen LogP contribution in [-0.2, 0) is 0 Å². The van der Waals surface area contributed by atoms with E-state index in [2.05, 4.69) is 22.8 Å². The van der Waals surface area contributed by atoms with Crippen LogP contribution in [0.5, 0.6) is 0 Å². The van der Waals surface area contributed by atoms with Crippen LogP contribution in [0.2, 0.25) is 0 Å². The first-order chi connectivity index (χ1) is 3.91. The minimum Gasteiger partial charge on any atom is -0.303 e. The van der Waals surface area contributed by atoms with E-state index in [0.717, 1.165) is 19.4 Å². The van der Waals surface area contributed by atoms with Crippen molar-refractivity contribution in [3.8, 4) is 0 Å². The molecule has 0 spiro atoms. The molecule has 8 heavy (non-hydrogen) atoms. The van der Waals surface area contributed by atoms with E-state index in [0.29, 0.717) is 0 Å².